The Morgan fingerprint density at radius 1 is 1.14 bits per heavy atom. The molecule has 3 heteroatoms. The number of ether oxygens (including phenoxy) is 1. The molecule has 0 aliphatic carbocycles. The molecule has 0 aliphatic rings. The Kier molecular flexibility index (Phi) is 4.99. The van der Waals surface area contributed by atoms with Crippen molar-refractivity contribution in [3.8, 4) is 5.75 Å². The van der Waals surface area contributed by atoms with Gasteiger partial charge >= 0.3 is 0 Å². The number of carbonyl (C=O) groups is 1. The molecule has 0 aromatic heterocycles. The van der Waals surface area contributed by atoms with E-state index in [2.05, 4.69) is 5.32 Å². The van der Waals surface area contributed by atoms with Gasteiger partial charge in [-0.3, -0.25) is 4.79 Å². The molecule has 0 aliphatic heterocycles. The van der Waals surface area contributed by atoms with Crippen LogP contribution in [0.1, 0.15) is 34.0 Å². The molecule has 0 spiro atoms. The van der Waals surface area contributed by atoms with Crippen molar-refractivity contribution in [3.05, 3.63) is 64.7 Å². The summed E-state index contributed by atoms with van der Waals surface area (Å²) >= 11 is 0. The van der Waals surface area contributed by atoms with E-state index in [0.717, 1.165) is 28.0 Å². The third-order valence-corrected chi connectivity index (χ3v) is 3.34. The van der Waals surface area contributed by atoms with E-state index in [1.54, 1.807) is 0 Å². The molecule has 0 bridgehead atoms. The number of nitrogens with one attached hydrogen (secondary N) is 1. The monoisotopic (exact) mass is 283 g/mol. The lowest BCUT2D eigenvalue weighted by atomic mass is 10.1. The van der Waals surface area contributed by atoms with Crippen LogP contribution in [0.2, 0.25) is 0 Å². The van der Waals surface area contributed by atoms with Gasteiger partial charge < -0.3 is 10.1 Å². The number of hydrogen-bond donors (Lipinski definition) is 1. The van der Waals surface area contributed by atoms with Gasteiger partial charge in [-0.2, -0.15) is 0 Å². The van der Waals surface area contributed by atoms with Gasteiger partial charge in [-0.15, -0.1) is 0 Å². The van der Waals surface area contributed by atoms with Crippen LogP contribution in [0.3, 0.4) is 0 Å². The Morgan fingerprint density at radius 3 is 2.62 bits per heavy atom. The van der Waals surface area contributed by atoms with Gasteiger partial charge in [-0.1, -0.05) is 35.9 Å². The second kappa shape index (κ2) is 6.93. The average molecular weight is 283 g/mol. The Bertz CT molecular complexity index is 635. The first kappa shape index (κ1) is 15.1. The summed E-state index contributed by atoms with van der Waals surface area (Å²) in [6.07, 6.45) is 0. The molecule has 1 N–H and O–H groups in total. The lowest BCUT2D eigenvalue weighted by molar-refractivity contribution is 0.0950. The van der Waals surface area contributed by atoms with Crippen molar-refractivity contribution in [2.75, 3.05) is 6.61 Å². The molecule has 3 nitrogen and oxygen atoms in total. The van der Waals surface area contributed by atoms with Gasteiger partial charge in [-0.05, 0) is 38.5 Å². The number of carbonyl (C=O) groups excluding carboxylic acids is 1. The van der Waals surface area contributed by atoms with Crippen LogP contribution in [0.4, 0.5) is 0 Å². The third kappa shape index (κ3) is 3.85. The number of amides is 1. The summed E-state index contributed by atoms with van der Waals surface area (Å²) in [5.41, 5.74) is 3.85. The minimum Gasteiger partial charge on any atom is -0.494 e. The highest BCUT2D eigenvalue weighted by Gasteiger charge is 2.10. The lowest BCUT2D eigenvalue weighted by Crippen LogP contribution is -2.24. The van der Waals surface area contributed by atoms with E-state index in [0.29, 0.717) is 13.2 Å². The minimum atomic E-state index is -0.0567. The standard InChI is InChI=1S/C18H21NO2/c1-4-21-17-8-6-5-7-15(17)12-19-18(20)16-10-9-13(2)11-14(16)3/h5-11H,4,12H2,1-3H3,(H,19,20). The first-order valence-corrected chi connectivity index (χ1v) is 7.18. The zero-order chi connectivity index (χ0) is 15.2. The van der Waals surface area contributed by atoms with Crippen LogP contribution in [0.5, 0.6) is 5.75 Å². The van der Waals surface area contributed by atoms with Crippen LogP contribution in [0.25, 0.3) is 0 Å². The van der Waals surface area contributed by atoms with Gasteiger partial charge in [0.1, 0.15) is 5.75 Å². The van der Waals surface area contributed by atoms with Crippen LogP contribution in [-0.4, -0.2) is 12.5 Å². The molecular formula is C18H21NO2. The van der Waals surface area contributed by atoms with Crippen molar-refractivity contribution in [2.24, 2.45) is 0 Å². The highest BCUT2D eigenvalue weighted by Crippen LogP contribution is 2.18. The van der Waals surface area contributed by atoms with Gasteiger partial charge in [0.05, 0.1) is 6.61 Å². The van der Waals surface area contributed by atoms with Crippen LogP contribution < -0.4 is 10.1 Å². The average Bonchev–Trinajstić information content (AvgIpc) is 2.46. The Balaban J connectivity index is 2.07. The smallest absolute Gasteiger partial charge is 0.251 e. The quantitative estimate of drug-likeness (QED) is 0.910. The Labute approximate surface area is 126 Å². The number of rotatable bonds is 5. The molecule has 0 heterocycles. The van der Waals surface area contributed by atoms with Crippen molar-refractivity contribution in [2.45, 2.75) is 27.3 Å². The summed E-state index contributed by atoms with van der Waals surface area (Å²) in [5.74, 6) is 0.764. The molecule has 0 unspecified atom stereocenters. The van der Waals surface area contributed by atoms with Crippen LogP contribution in [0, 0.1) is 13.8 Å². The summed E-state index contributed by atoms with van der Waals surface area (Å²) < 4.78 is 5.56. The predicted octanol–water partition coefficient (Wildman–Crippen LogP) is 3.63. The molecule has 0 atom stereocenters. The van der Waals surface area contributed by atoms with Gasteiger partial charge in [0.15, 0.2) is 0 Å². The largest absolute Gasteiger partial charge is 0.494 e. The topological polar surface area (TPSA) is 38.3 Å². The van der Waals surface area contributed by atoms with Crippen molar-refractivity contribution >= 4 is 5.91 Å². The molecule has 2 rings (SSSR count). The maximum atomic E-state index is 12.3. The fourth-order valence-corrected chi connectivity index (χ4v) is 2.29. The summed E-state index contributed by atoms with van der Waals surface area (Å²) in [5, 5.41) is 2.96. The Morgan fingerprint density at radius 2 is 1.90 bits per heavy atom. The first-order chi connectivity index (χ1) is 10.1. The molecule has 2 aromatic carbocycles. The first-order valence-electron chi connectivity index (χ1n) is 7.18. The second-order valence-corrected chi connectivity index (χ2v) is 5.04. The number of benzene rings is 2. The van der Waals surface area contributed by atoms with Crippen LogP contribution in [0.15, 0.2) is 42.5 Å². The second-order valence-electron chi connectivity index (χ2n) is 5.04. The molecule has 0 fully saturated rings. The molecule has 21 heavy (non-hydrogen) atoms. The zero-order valence-electron chi connectivity index (χ0n) is 12.8. The molecule has 0 saturated carbocycles. The van der Waals surface area contributed by atoms with Crippen molar-refractivity contribution in [1.82, 2.24) is 5.32 Å². The Hall–Kier alpha value is -2.29. The molecule has 1 amide bonds. The fraction of sp³-hybridized carbons (Fsp3) is 0.278. The number of hydrogen-bond acceptors (Lipinski definition) is 2. The highest BCUT2D eigenvalue weighted by molar-refractivity contribution is 5.95. The minimum absolute atomic E-state index is 0.0567. The number of para-hydroxylation sites is 1. The van der Waals surface area contributed by atoms with Gasteiger partial charge in [-0.25, -0.2) is 0 Å². The van der Waals surface area contributed by atoms with Crippen molar-refractivity contribution in [3.63, 3.8) is 0 Å². The summed E-state index contributed by atoms with van der Waals surface area (Å²) in [4.78, 5) is 12.3. The van der Waals surface area contributed by atoms with Crippen LogP contribution >= 0.6 is 0 Å². The van der Waals surface area contributed by atoms with E-state index in [1.165, 1.54) is 0 Å². The SMILES string of the molecule is CCOc1ccccc1CNC(=O)c1ccc(C)cc1C. The van der Waals surface area contributed by atoms with Crippen molar-refractivity contribution < 1.29 is 9.53 Å². The van der Waals surface area contributed by atoms with E-state index >= 15 is 0 Å². The number of aryl methyl sites for hydroxylation is 2. The van der Waals surface area contributed by atoms with Gasteiger partial charge in [0, 0.05) is 17.7 Å². The highest BCUT2D eigenvalue weighted by atomic mass is 16.5. The predicted molar refractivity (Wildman–Crippen MR) is 84.7 cm³/mol. The fourth-order valence-electron chi connectivity index (χ4n) is 2.29. The lowest BCUT2D eigenvalue weighted by Gasteiger charge is -2.12. The maximum Gasteiger partial charge on any atom is 0.251 e. The van der Waals surface area contributed by atoms with E-state index in [-0.39, 0.29) is 5.91 Å². The van der Waals surface area contributed by atoms with E-state index in [9.17, 15) is 4.79 Å². The van der Waals surface area contributed by atoms with Gasteiger partial charge in [0.25, 0.3) is 5.91 Å². The zero-order valence-corrected chi connectivity index (χ0v) is 12.8. The van der Waals surface area contributed by atoms with Gasteiger partial charge in [0.2, 0.25) is 0 Å². The molecular weight excluding hydrogens is 262 g/mol. The third-order valence-electron chi connectivity index (χ3n) is 3.34. The summed E-state index contributed by atoms with van der Waals surface area (Å²) in [6, 6.07) is 13.6. The van der Waals surface area contributed by atoms with E-state index < -0.39 is 0 Å². The van der Waals surface area contributed by atoms with E-state index in [1.807, 2.05) is 63.2 Å². The molecule has 110 valence electrons. The normalized spacial score (nSPS) is 10.2. The molecule has 2 aromatic rings. The van der Waals surface area contributed by atoms with Crippen LogP contribution in [-0.2, 0) is 6.54 Å². The maximum absolute atomic E-state index is 12.3. The molecule has 0 radical (unpaired) electrons. The summed E-state index contributed by atoms with van der Waals surface area (Å²) in [6.45, 7) is 7.00. The van der Waals surface area contributed by atoms with E-state index in [4.69, 9.17) is 4.74 Å². The summed E-state index contributed by atoms with van der Waals surface area (Å²) in [7, 11) is 0. The van der Waals surface area contributed by atoms with Crippen molar-refractivity contribution in [1.29, 1.82) is 0 Å². The molecule has 0 saturated heterocycles.